The van der Waals surface area contributed by atoms with Crippen molar-refractivity contribution in [2.75, 3.05) is 0 Å². The Kier molecular flexibility index (Phi) is 0.974. The molecule has 1 aliphatic rings. The minimum Gasteiger partial charge on any atom is -0.424 e. The molecule has 1 aromatic rings. The Balaban J connectivity index is 2.51. The van der Waals surface area contributed by atoms with Crippen LogP contribution in [0.15, 0.2) is 18.3 Å². The van der Waals surface area contributed by atoms with Gasteiger partial charge in [-0.15, -0.1) is 0 Å². The monoisotopic (exact) mass is 135 g/mol. The highest BCUT2D eigenvalue weighted by Gasteiger charge is 2.19. The van der Waals surface area contributed by atoms with Gasteiger partial charge in [-0.25, -0.2) is 0 Å². The summed E-state index contributed by atoms with van der Waals surface area (Å²) in [4.78, 5) is 14.6. The Morgan fingerprint density at radius 2 is 2.50 bits per heavy atom. The van der Waals surface area contributed by atoms with Crippen molar-refractivity contribution in [3.63, 3.8) is 0 Å². The fraction of sp³-hybridized carbons (Fsp3) is 0.143. The number of pyridine rings is 1. The van der Waals surface area contributed by atoms with Crippen LogP contribution in [0.5, 0.6) is 5.75 Å². The summed E-state index contributed by atoms with van der Waals surface area (Å²) in [7, 11) is 0. The van der Waals surface area contributed by atoms with E-state index in [0.717, 1.165) is 5.69 Å². The Hall–Kier alpha value is -1.38. The maximum atomic E-state index is 10.6. The van der Waals surface area contributed by atoms with E-state index in [2.05, 4.69) is 4.98 Å². The van der Waals surface area contributed by atoms with Crippen molar-refractivity contribution in [2.45, 2.75) is 6.42 Å². The van der Waals surface area contributed by atoms with Crippen molar-refractivity contribution in [3.8, 4) is 5.75 Å². The normalized spacial score (nSPS) is 14.6. The summed E-state index contributed by atoms with van der Waals surface area (Å²) in [5, 5.41) is 0. The van der Waals surface area contributed by atoms with Crippen molar-refractivity contribution in [1.29, 1.82) is 0 Å². The summed E-state index contributed by atoms with van der Waals surface area (Å²) < 4.78 is 4.81. The number of hydrogen-bond donors (Lipinski definition) is 0. The second kappa shape index (κ2) is 1.80. The van der Waals surface area contributed by atoms with Crippen molar-refractivity contribution >= 4 is 5.97 Å². The van der Waals surface area contributed by atoms with Gasteiger partial charge in [0.25, 0.3) is 0 Å². The van der Waals surface area contributed by atoms with Crippen LogP contribution in [0.3, 0.4) is 0 Å². The first-order chi connectivity index (χ1) is 4.86. The molecule has 0 saturated heterocycles. The van der Waals surface area contributed by atoms with Crippen LogP contribution in [0.25, 0.3) is 0 Å². The number of ether oxygens (including phenoxy) is 1. The van der Waals surface area contributed by atoms with Crippen LogP contribution in [0.2, 0.25) is 0 Å². The van der Waals surface area contributed by atoms with E-state index in [9.17, 15) is 4.79 Å². The largest absolute Gasteiger partial charge is 0.424 e. The lowest BCUT2D eigenvalue weighted by atomic mass is 10.3. The number of hydrogen-bond acceptors (Lipinski definition) is 3. The molecule has 0 amide bonds. The molecule has 1 aromatic heterocycles. The molecule has 3 heteroatoms. The van der Waals surface area contributed by atoms with Crippen LogP contribution in [0.4, 0.5) is 0 Å². The van der Waals surface area contributed by atoms with Gasteiger partial charge in [-0.1, -0.05) is 0 Å². The Morgan fingerprint density at radius 3 is 3.30 bits per heavy atom. The van der Waals surface area contributed by atoms with E-state index in [1.165, 1.54) is 0 Å². The van der Waals surface area contributed by atoms with Crippen LogP contribution >= 0.6 is 0 Å². The molecule has 2 rings (SSSR count). The molecule has 0 aromatic carbocycles. The van der Waals surface area contributed by atoms with E-state index in [-0.39, 0.29) is 5.97 Å². The zero-order valence-corrected chi connectivity index (χ0v) is 5.20. The number of carbonyl (C=O) groups excluding carboxylic acids is 1. The Morgan fingerprint density at radius 1 is 1.60 bits per heavy atom. The van der Waals surface area contributed by atoms with E-state index >= 15 is 0 Å². The molecule has 3 nitrogen and oxygen atoms in total. The second-order valence-electron chi connectivity index (χ2n) is 2.10. The van der Waals surface area contributed by atoms with Crippen molar-refractivity contribution in [1.82, 2.24) is 4.98 Å². The molecule has 50 valence electrons. The van der Waals surface area contributed by atoms with Gasteiger partial charge >= 0.3 is 5.97 Å². The number of esters is 1. The standard InChI is InChI=1S/C7H5NO2/c9-7-4-5-6(10-7)2-1-3-8-5/h1-3H,4H2. The predicted octanol–water partition coefficient (Wildman–Crippen LogP) is 0.543. The minimum absolute atomic E-state index is 0.214. The van der Waals surface area contributed by atoms with Crippen LogP contribution in [0.1, 0.15) is 5.69 Å². The van der Waals surface area contributed by atoms with Crippen molar-refractivity contribution in [2.24, 2.45) is 0 Å². The van der Waals surface area contributed by atoms with Crippen LogP contribution < -0.4 is 4.74 Å². The van der Waals surface area contributed by atoms with Crippen molar-refractivity contribution in [3.05, 3.63) is 24.0 Å². The molecule has 0 aliphatic carbocycles. The first-order valence-corrected chi connectivity index (χ1v) is 3.01. The first kappa shape index (κ1) is 5.41. The number of nitrogens with zero attached hydrogens (tertiary/aromatic N) is 1. The predicted molar refractivity (Wildman–Crippen MR) is 33.6 cm³/mol. The first-order valence-electron chi connectivity index (χ1n) is 3.01. The molecule has 0 radical (unpaired) electrons. The number of carbonyl (C=O) groups is 1. The van der Waals surface area contributed by atoms with Crippen LogP contribution in [-0.2, 0) is 11.2 Å². The number of fused-ring (bicyclic) bond motifs is 1. The number of aromatic nitrogens is 1. The van der Waals surface area contributed by atoms with Gasteiger partial charge in [0.15, 0.2) is 5.75 Å². The summed E-state index contributed by atoms with van der Waals surface area (Å²) in [5.74, 6) is 0.390. The van der Waals surface area contributed by atoms with Crippen LogP contribution in [0, 0.1) is 0 Å². The summed E-state index contributed by atoms with van der Waals surface area (Å²) in [6, 6.07) is 3.49. The van der Waals surface area contributed by atoms with Gasteiger partial charge in [0, 0.05) is 6.20 Å². The Labute approximate surface area is 57.7 Å². The molecular formula is C7H5NO2. The molecule has 2 heterocycles. The van der Waals surface area contributed by atoms with Gasteiger partial charge in [-0.2, -0.15) is 0 Å². The molecular weight excluding hydrogens is 130 g/mol. The lowest BCUT2D eigenvalue weighted by Crippen LogP contribution is -2.00. The molecule has 0 saturated carbocycles. The summed E-state index contributed by atoms with van der Waals surface area (Å²) >= 11 is 0. The SMILES string of the molecule is O=C1Cc2ncccc2O1. The summed E-state index contributed by atoms with van der Waals surface area (Å²) in [5.41, 5.74) is 0.743. The maximum Gasteiger partial charge on any atom is 0.317 e. The minimum atomic E-state index is -0.214. The molecule has 0 spiro atoms. The van der Waals surface area contributed by atoms with E-state index < -0.39 is 0 Å². The molecule has 0 bridgehead atoms. The fourth-order valence-electron chi connectivity index (χ4n) is 0.944. The highest BCUT2D eigenvalue weighted by molar-refractivity contribution is 5.79. The second-order valence-corrected chi connectivity index (χ2v) is 2.10. The van der Waals surface area contributed by atoms with Gasteiger partial charge in [-0.05, 0) is 12.1 Å². The quantitative estimate of drug-likeness (QED) is 0.487. The Bertz CT molecular complexity index is 256. The maximum absolute atomic E-state index is 10.6. The van der Waals surface area contributed by atoms with Gasteiger partial charge in [0.05, 0.1) is 12.1 Å². The van der Waals surface area contributed by atoms with Gasteiger partial charge < -0.3 is 4.74 Å². The average molecular weight is 135 g/mol. The smallest absolute Gasteiger partial charge is 0.317 e. The summed E-state index contributed by atoms with van der Waals surface area (Å²) in [6.45, 7) is 0. The third-order valence-corrected chi connectivity index (χ3v) is 1.38. The van der Waals surface area contributed by atoms with Crippen molar-refractivity contribution < 1.29 is 9.53 Å². The summed E-state index contributed by atoms with van der Waals surface area (Å²) in [6.07, 6.45) is 1.97. The third-order valence-electron chi connectivity index (χ3n) is 1.38. The van der Waals surface area contributed by atoms with Gasteiger partial charge in [0.1, 0.15) is 0 Å². The van der Waals surface area contributed by atoms with E-state index in [0.29, 0.717) is 12.2 Å². The lowest BCUT2D eigenvalue weighted by Gasteiger charge is -1.91. The van der Waals surface area contributed by atoms with E-state index in [4.69, 9.17) is 4.74 Å². The molecule has 0 fully saturated rings. The zero-order valence-electron chi connectivity index (χ0n) is 5.20. The van der Waals surface area contributed by atoms with Gasteiger partial charge in [-0.3, -0.25) is 9.78 Å². The highest BCUT2D eigenvalue weighted by atomic mass is 16.5. The number of rotatable bonds is 0. The fourth-order valence-corrected chi connectivity index (χ4v) is 0.944. The van der Waals surface area contributed by atoms with E-state index in [1.807, 2.05) is 0 Å². The lowest BCUT2D eigenvalue weighted by molar-refractivity contribution is -0.131. The molecule has 0 N–H and O–H groups in total. The zero-order chi connectivity index (χ0) is 6.97. The molecule has 0 unspecified atom stereocenters. The molecule has 0 atom stereocenters. The van der Waals surface area contributed by atoms with E-state index in [1.54, 1.807) is 18.3 Å². The molecule has 1 aliphatic heterocycles. The van der Waals surface area contributed by atoms with Gasteiger partial charge in [0.2, 0.25) is 0 Å². The average Bonchev–Trinajstić information content (AvgIpc) is 2.27. The van der Waals surface area contributed by atoms with Crippen LogP contribution in [-0.4, -0.2) is 11.0 Å². The molecule has 10 heavy (non-hydrogen) atoms. The highest BCUT2D eigenvalue weighted by Crippen LogP contribution is 2.21. The topological polar surface area (TPSA) is 39.2 Å². The third kappa shape index (κ3) is 0.673.